The summed E-state index contributed by atoms with van der Waals surface area (Å²) in [5.41, 5.74) is 0. The molecule has 8 heteroatoms. The lowest BCUT2D eigenvalue weighted by Crippen LogP contribution is -2.59. The zero-order valence-electron chi connectivity index (χ0n) is 15.0. The van der Waals surface area contributed by atoms with E-state index >= 15 is 0 Å². The summed E-state index contributed by atoms with van der Waals surface area (Å²) >= 11 is 0. The summed E-state index contributed by atoms with van der Waals surface area (Å²) in [6.45, 7) is 2.18. The molecule has 25 heavy (non-hydrogen) atoms. The van der Waals surface area contributed by atoms with Crippen molar-refractivity contribution in [3.05, 3.63) is 0 Å². The van der Waals surface area contributed by atoms with Crippen LogP contribution < -0.4 is 0 Å². The molecule has 1 unspecified atom stereocenters. The van der Waals surface area contributed by atoms with Gasteiger partial charge in [-0.2, -0.15) is 0 Å². The van der Waals surface area contributed by atoms with Crippen molar-refractivity contribution < 1.29 is 39.7 Å². The SMILES string of the molecule is CCCCCCCCOCC(O)CO[C@H]1O[C@H](CO)[C@@H](O)[C@H](O)[C@@H]1O. The second-order valence-electron chi connectivity index (χ2n) is 6.53. The van der Waals surface area contributed by atoms with Crippen LogP contribution in [0.15, 0.2) is 0 Å². The minimum absolute atomic E-state index is 0.104. The molecule has 0 amide bonds. The Balaban J connectivity index is 2.13. The van der Waals surface area contributed by atoms with E-state index in [2.05, 4.69) is 6.92 Å². The van der Waals surface area contributed by atoms with E-state index in [0.29, 0.717) is 6.61 Å². The van der Waals surface area contributed by atoms with Crippen molar-refractivity contribution in [1.82, 2.24) is 0 Å². The fraction of sp³-hybridized carbons (Fsp3) is 1.00. The normalized spacial score (nSPS) is 31.2. The molecule has 0 aromatic rings. The van der Waals surface area contributed by atoms with Crippen molar-refractivity contribution in [1.29, 1.82) is 0 Å². The topological polar surface area (TPSA) is 129 Å². The molecule has 1 aliphatic rings. The number of aliphatic hydroxyl groups excluding tert-OH is 5. The molecule has 1 heterocycles. The Morgan fingerprint density at radius 2 is 1.60 bits per heavy atom. The molecule has 0 aromatic carbocycles. The predicted molar refractivity (Wildman–Crippen MR) is 89.9 cm³/mol. The van der Waals surface area contributed by atoms with Crippen LogP contribution in [0.5, 0.6) is 0 Å². The van der Waals surface area contributed by atoms with Crippen LogP contribution >= 0.6 is 0 Å². The highest BCUT2D eigenvalue weighted by Crippen LogP contribution is 2.22. The van der Waals surface area contributed by atoms with E-state index in [0.717, 1.165) is 12.8 Å². The molecular formula is C17H34O8. The largest absolute Gasteiger partial charge is 0.394 e. The third-order valence-electron chi connectivity index (χ3n) is 4.25. The monoisotopic (exact) mass is 366 g/mol. The van der Waals surface area contributed by atoms with Gasteiger partial charge in [0.15, 0.2) is 6.29 Å². The third kappa shape index (κ3) is 8.27. The first-order valence-electron chi connectivity index (χ1n) is 9.19. The number of hydrogen-bond acceptors (Lipinski definition) is 8. The van der Waals surface area contributed by atoms with Crippen molar-refractivity contribution in [3.63, 3.8) is 0 Å². The second kappa shape index (κ2) is 12.9. The molecule has 1 fully saturated rings. The maximum absolute atomic E-state index is 9.83. The Hall–Kier alpha value is -0.320. The number of aliphatic hydroxyl groups is 5. The zero-order valence-corrected chi connectivity index (χ0v) is 15.0. The van der Waals surface area contributed by atoms with Gasteiger partial charge in [0.2, 0.25) is 0 Å². The van der Waals surface area contributed by atoms with Crippen LogP contribution in [0.2, 0.25) is 0 Å². The van der Waals surface area contributed by atoms with Crippen molar-refractivity contribution in [2.45, 2.75) is 82.3 Å². The van der Waals surface area contributed by atoms with Gasteiger partial charge < -0.3 is 39.7 Å². The first kappa shape index (κ1) is 22.7. The van der Waals surface area contributed by atoms with Crippen molar-refractivity contribution in [3.8, 4) is 0 Å². The quantitative estimate of drug-likeness (QED) is 0.277. The number of rotatable bonds is 13. The summed E-state index contributed by atoms with van der Waals surface area (Å²) < 4.78 is 15.8. The Morgan fingerprint density at radius 1 is 0.920 bits per heavy atom. The van der Waals surface area contributed by atoms with Gasteiger partial charge in [0.25, 0.3) is 0 Å². The van der Waals surface area contributed by atoms with Crippen LogP contribution in [0.1, 0.15) is 45.4 Å². The van der Waals surface area contributed by atoms with Gasteiger partial charge in [0.05, 0.1) is 19.8 Å². The summed E-state index contributed by atoms with van der Waals surface area (Å²) in [6, 6.07) is 0. The van der Waals surface area contributed by atoms with Gasteiger partial charge in [-0.3, -0.25) is 0 Å². The molecule has 150 valence electrons. The first-order chi connectivity index (χ1) is 12.0. The van der Waals surface area contributed by atoms with Crippen LogP contribution in [-0.2, 0) is 14.2 Å². The molecule has 8 nitrogen and oxygen atoms in total. The Bertz CT molecular complexity index is 328. The minimum Gasteiger partial charge on any atom is -0.394 e. The Kier molecular flexibility index (Phi) is 11.8. The molecule has 6 atom stereocenters. The van der Waals surface area contributed by atoms with Crippen LogP contribution in [0.25, 0.3) is 0 Å². The lowest BCUT2D eigenvalue weighted by Gasteiger charge is -2.39. The third-order valence-corrected chi connectivity index (χ3v) is 4.25. The van der Waals surface area contributed by atoms with Crippen molar-refractivity contribution in [2.75, 3.05) is 26.4 Å². The molecule has 0 spiro atoms. The van der Waals surface area contributed by atoms with Crippen LogP contribution in [0.3, 0.4) is 0 Å². The van der Waals surface area contributed by atoms with E-state index < -0.39 is 43.4 Å². The highest BCUT2D eigenvalue weighted by Gasteiger charge is 2.44. The molecule has 0 radical (unpaired) electrons. The second-order valence-corrected chi connectivity index (χ2v) is 6.53. The number of unbranched alkanes of at least 4 members (excludes halogenated alkanes) is 5. The minimum atomic E-state index is -1.49. The fourth-order valence-electron chi connectivity index (χ4n) is 2.66. The molecule has 0 saturated carbocycles. The highest BCUT2D eigenvalue weighted by molar-refractivity contribution is 4.88. The van der Waals surface area contributed by atoms with E-state index in [1.165, 1.54) is 25.7 Å². The average Bonchev–Trinajstić information content (AvgIpc) is 2.61. The maximum Gasteiger partial charge on any atom is 0.186 e. The van der Waals surface area contributed by atoms with Gasteiger partial charge in [-0.15, -0.1) is 0 Å². The summed E-state index contributed by atoms with van der Waals surface area (Å²) in [6.07, 6.45) is -0.559. The first-order valence-corrected chi connectivity index (χ1v) is 9.19. The average molecular weight is 366 g/mol. The van der Waals surface area contributed by atoms with Gasteiger partial charge in [-0.05, 0) is 6.42 Å². The Labute approximate surface area is 149 Å². The molecule has 1 rings (SSSR count). The van der Waals surface area contributed by atoms with Gasteiger partial charge in [0, 0.05) is 6.61 Å². The van der Waals surface area contributed by atoms with Crippen LogP contribution in [0, 0.1) is 0 Å². The zero-order chi connectivity index (χ0) is 18.7. The molecule has 0 aliphatic carbocycles. The molecular weight excluding hydrogens is 332 g/mol. The maximum atomic E-state index is 9.83. The van der Waals surface area contributed by atoms with Crippen LogP contribution in [-0.4, -0.2) is 88.8 Å². The van der Waals surface area contributed by atoms with E-state index in [9.17, 15) is 20.4 Å². The smallest absolute Gasteiger partial charge is 0.186 e. The summed E-state index contributed by atoms with van der Waals surface area (Å²) in [5.74, 6) is 0. The molecule has 5 N–H and O–H groups in total. The molecule has 1 aliphatic heterocycles. The van der Waals surface area contributed by atoms with Gasteiger partial charge in [0.1, 0.15) is 30.5 Å². The predicted octanol–water partition coefficient (Wildman–Crippen LogP) is -0.459. The standard InChI is InChI=1S/C17H34O8/c1-2-3-4-5-6-7-8-23-10-12(19)11-24-17-16(22)15(21)14(20)13(9-18)25-17/h12-22H,2-11H2,1H3/t12?,13-,14-,15+,16+,17+/m1/s1. The van der Waals surface area contributed by atoms with Gasteiger partial charge in [-0.25, -0.2) is 0 Å². The summed E-state index contributed by atoms with van der Waals surface area (Å²) in [5, 5.41) is 48.1. The number of ether oxygens (including phenoxy) is 3. The lowest BCUT2D eigenvalue weighted by atomic mass is 9.99. The van der Waals surface area contributed by atoms with E-state index in [4.69, 9.17) is 19.3 Å². The van der Waals surface area contributed by atoms with Gasteiger partial charge in [-0.1, -0.05) is 39.0 Å². The van der Waals surface area contributed by atoms with Crippen LogP contribution in [0.4, 0.5) is 0 Å². The lowest BCUT2D eigenvalue weighted by molar-refractivity contribution is -0.305. The Morgan fingerprint density at radius 3 is 2.28 bits per heavy atom. The summed E-state index contributed by atoms with van der Waals surface area (Å²) in [4.78, 5) is 0. The highest BCUT2D eigenvalue weighted by atomic mass is 16.7. The molecule has 0 bridgehead atoms. The van der Waals surface area contributed by atoms with Crippen molar-refractivity contribution in [2.24, 2.45) is 0 Å². The fourth-order valence-corrected chi connectivity index (χ4v) is 2.66. The summed E-state index contributed by atoms with van der Waals surface area (Å²) in [7, 11) is 0. The number of hydrogen-bond donors (Lipinski definition) is 5. The van der Waals surface area contributed by atoms with Gasteiger partial charge >= 0.3 is 0 Å². The molecule has 1 saturated heterocycles. The van der Waals surface area contributed by atoms with E-state index in [1.807, 2.05) is 0 Å². The van der Waals surface area contributed by atoms with Crippen molar-refractivity contribution >= 4 is 0 Å². The van der Waals surface area contributed by atoms with E-state index in [1.54, 1.807) is 0 Å². The molecule has 0 aromatic heterocycles. The van der Waals surface area contributed by atoms with E-state index in [-0.39, 0.29) is 13.2 Å².